The monoisotopic (exact) mass is 356 g/mol. The zero-order valence-corrected chi connectivity index (χ0v) is 13.8. The van der Waals surface area contributed by atoms with Crippen LogP contribution in [0.1, 0.15) is 4.88 Å². The van der Waals surface area contributed by atoms with Gasteiger partial charge in [-0.25, -0.2) is 4.98 Å². The van der Waals surface area contributed by atoms with Crippen molar-refractivity contribution in [2.75, 3.05) is 17.7 Å². The lowest BCUT2D eigenvalue weighted by molar-refractivity contribution is -0.144. The number of hydrogen-bond donors (Lipinski definition) is 1. The van der Waals surface area contributed by atoms with E-state index in [0.29, 0.717) is 5.69 Å². The summed E-state index contributed by atoms with van der Waals surface area (Å²) in [6, 6.07) is 7.24. The molecule has 0 fully saturated rings. The van der Waals surface area contributed by atoms with Crippen molar-refractivity contribution in [3.63, 3.8) is 0 Å². The third-order valence-electron chi connectivity index (χ3n) is 2.44. The Balaban J connectivity index is 1.65. The van der Waals surface area contributed by atoms with Gasteiger partial charge >= 0.3 is 5.97 Å². The Morgan fingerprint density at radius 1 is 1.36 bits per heavy atom. The highest BCUT2D eigenvalue weighted by molar-refractivity contribution is 7.99. The van der Waals surface area contributed by atoms with Crippen LogP contribution in [0.15, 0.2) is 35.8 Å². The molecule has 1 N–H and O–H groups in total. The second-order valence-electron chi connectivity index (χ2n) is 4.12. The van der Waals surface area contributed by atoms with Gasteiger partial charge in [-0.2, -0.15) is 0 Å². The van der Waals surface area contributed by atoms with Crippen molar-refractivity contribution in [1.82, 2.24) is 4.98 Å². The molecule has 0 aromatic carbocycles. The van der Waals surface area contributed by atoms with Gasteiger partial charge < -0.3 is 10.1 Å². The normalized spacial score (nSPS) is 10.2. The Morgan fingerprint density at radius 3 is 2.95 bits per heavy atom. The van der Waals surface area contributed by atoms with E-state index in [1.165, 1.54) is 22.8 Å². The molecule has 1 amide bonds. The van der Waals surface area contributed by atoms with Gasteiger partial charge in [0.1, 0.15) is 0 Å². The number of nitrogens with zero attached hydrogens (tertiary/aromatic N) is 1. The van der Waals surface area contributed by atoms with Crippen LogP contribution in [-0.2, 0) is 20.1 Å². The highest BCUT2D eigenvalue weighted by Gasteiger charge is 2.10. The first-order valence-electron chi connectivity index (χ1n) is 6.31. The molecule has 5 nitrogen and oxygen atoms in total. The molecule has 0 bridgehead atoms. The van der Waals surface area contributed by atoms with Gasteiger partial charge in [0.05, 0.1) is 11.4 Å². The minimum absolute atomic E-state index is 0.189. The predicted molar refractivity (Wildman–Crippen MR) is 89.3 cm³/mol. The Bertz CT molecular complexity index is 635. The number of hydrogen-bond acceptors (Lipinski definition) is 6. The highest BCUT2D eigenvalue weighted by atomic mass is 35.5. The van der Waals surface area contributed by atoms with Gasteiger partial charge in [0.15, 0.2) is 11.8 Å². The minimum atomic E-state index is -0.452. The first kappa shape index (κ1) is 16.8. The number of thiophene rings is 1. The lowest BCUT2D eigenvalue weighted by atomic mass is 10.4. The van der Waals surface area contributed by atoms with Crippen molar-refractivity contribution in [2.24, 2.45) is 0 Å². The van der Waals surface area contributed by atoms with E-state index in [0.717, 1.165) is 5.75 Å². The molecule has 8 heteroatoms. The van der Waals surface area contributed by atoms with Crippen LogP contribution in [0, 0.1) is 0 Å². The zero-order chi connectivity index (χ0) is 15.8. The quantitative estimate of drug-likeness (QED) is 0.609. The van der Waals surface area contributed by atoms with E-state index in [1.54, 1.807) is 23.5 Å². The number of aromatic nitrogens is 1. The van der Waals surface area contributed by atoms with E-state index in [1.807, 2.05) is 17.5 Å². The molecule has 0 aliphatic carbocycles. The lowest BCUT2D eigenvalue weighted by Gasteiger charge is -2.07. The predicted octanol–water partition coefficient (Wildman–Crippen LogP) is 3.21. The van der Waals surface area contributed by atoms with Gasteiger partial charge in [-0.15, -0.1) is 23.1 Å². The summed E-state index contributed by atoms with van der Waals surface area (Å²) in [7, 11) is 0. The summed E-state index contributed by atoms with van der Waals surface area (Å²) in [5, 5.41) is 4.71. The molecule has 22 heavy (non-hydrogen) atoms. The third-order valence-corrected chi connectivity index (χ3v) is 4.76. The molecule has 2 aromatic heterocycles. The van der Waals surface area contributed by atoms with Crippen molar-refractivity contribution in [3.05, 3.63) is 45.9 Å². The van der Waals surface area contributed by atoms with Crippen LogP contribution < -0.4 is 5.32 Å². The molecule has 116 valence electrons. The van der Waals surface area contributed by atoms with Crippen LogP contribution in [0.5, 0.6) is 0 Å². The summed E-state index contributed by atoms with van der Waals surface area (Å²) in [4.78, 5) is 28.2. The molecule has 0 spiro atoms. The summed E-state index contributed by atoms with van der Waals surface area (Å²) in [6.07, 6.45) is 1.52. The highest BCUT2D eigenvalue weighted by Crippen LogP contribution is 2.18. The van der Waals surface area contributed by atoms with Crippen LogP contribution >= 0.6 is 34.7 Å². The van der Waals surface area contributed by atoms with Crippen LogP contribution in [0.4, 0.5) is 5.69 Å². The van der Waals surface area contributed by atoms with Gasteiger partial charge in [-0.3, -0.25) is 9.59 Å². The molecular formula is C14H13ClN2O3S2. The molecule has 0 saturated carbocycles. The van der Waals surface area contributed by atoms with Gasteiger partial charge in [0.25, 0.3) is 5.91 Å². The first-order chi connectivity index (χ1) is 10.6. The molecule has 0 unspecified atom stereocenters. The molecule has 0 atom stereocenters. The average Bonchev–Trinajstić information content (AvgIpc) is 3.01. The van der Waals surface area contributed by atoms with Crippen molar-refractivity contribution < 1.29 is 14.3 Å². The average molecular weight is 357 g/mol. The van der Waals surface area contributed by atoms with E-state index >= 15 is 0 Å². The molecule has 2 heterocycles. The van der Waals surface area contributed by atoms with Crippen LogP contribution in [0.2, 0.25) is 5.15 Å². The lowest BCUT2D eigenvalue weighted by Crippen LogP contribution is -2.21. The first-order valence-corrected chi connectivity index (χ1v) is 8.72. The van der Waals surface area contributed by atoms with Gasteiger partial charge in [0.2, 0.25) is 0 Å². The Hall–Kier alpha value is -1.57. The number of anilines is 1. The second kappa shape index (κ2) is 8.77. The molecule has 2 aromatic rings. The molecule has 2 rings (SSSR count). The van der Waals surface area contributed by atoms with E-state index in [9.17, 15) is 9.59 Å². The van der Waals surface area contributed by atoms with Crippen molar-refractivity contribution in [3.8, 4) is 0 Å². The van der Waals surface area contributed by atoms with Crippen LogP contribution in [-0.4, -0.2) is 29.2 Å². The maximum Gasteiger partial charge on any atom is 0.316 e. The van der Waals surface area contributed by atoms with Gasteiger partial charge in [0, 0.05) is 16.8 Å². The number of esters is 1. The van der Waals surface area contributed by atoms with Crippen molar-refractivity contribution in [2.45, 2.75) is 5.75 Å². The number of thioether (sulfide) groups is 1. The molecular weight excluding hydrogens is 344 g/mol. The van der Waals surface area contributed by atoms with E-state index < -0.39 is 11.9 Å². The SMILES string of the molecule is O=C(COC(=O)CSCc1cccs1)Nc1cccnc1Cl. The summed E-state index contributed by atoms with van der Waals surface area (Å²) in [5.74, 6) is 0.0869. The summed E-state index contributed by atoms with van der Waals surface area (Å²) >= 11 is 8.90. The fourth-order valence-electron chi connectivity index (χ4n) is 1.48. The number of carbonyl (C=O) groups excluding carboxylic acids is 2. The smallest absolute Gasteiger partial charge is 0.316 e. The fraction of sp³-hybridized carbons (Fsp3) is 0.214. The fourth-order valence-corrected chi connectivity index (χ4v) is 3.31. The van der Waals surface area contributed by atoms with Crippen LogP contribution in [0.25, 0.3) is 0 Å². The largest absolute Gasteiger partial charge is 0.455 e. The maximum absolute atomic E-state index is 11.6. The van der Waals surface area contributed by atoms with E-state index in [2.05, 4.69) is 10.3 Å². The Morgan fingerprint density at radius 2 is 2.23 bits per heavy atom. The zero-order valence-electron chi connectivity index (χ0n) is 11.5. The van der Waals surface area contributed by atoms with Crippen molar-refractivity contribution >= 4 is 52.3 Å². The maximum atomic E-state index is 11.6. The molecule has 0 radical (unpaired) electrons. The number of nitrogens with one attached hydrogen (secondary N) is 1. The number of amides is 1. The van der Waals surface area contributed by atoms with E-state index in [4.69, 9.17) is 16.3 Å². The molecule has 0 saturated heterocycles. The topological polar surface area (TPSA) is 68.3 Å². The summed E-state index contributed by atoms with van der Waals surface area (Å²) in [5.41, 5.74) is 0.386. The Kier molecular flexibility index (Phi) is 6.70. The number of halogens is 1. The molecule has 0 aliphatic heterocycles. The van der Waals surface area contributed by atoms with Crippen LogP contribution in [0.3, 0.4) is 0 Å². The number of carbonyl (C=O) groups is 2. The van der Waals surface area contributed by atoms with Gasteiger partial charge in [-0.1, -0.05) is 17.7 Å². The summed E-state index contributed by atoms with van der Waals surface area (Å²) < 4.78 is 4.90. The summed E-state index contributed by atoms with van der Waals surface area (Å²) in [6.45, 7) is -0.344. The molecule has 0 aliphatic rings. The standard InChI is InChI=1S/C14H13ClN2O3S2/c15-14-11(4-1-5-16-14)17-12(18)7-20-13(19)9-21-8-10-3-2-6-22-10/h1-6H,7-9H2,(H,17,18). The van der Waals surface area contributed by atoms with E-state index in [-0.39, 0.29) is 17.5 Å². The number of rotatable bonds is 7. The number of pyridine rings is 1. The Labute approximate surface area is 141 Å². The van der Waals surface area contributed by atoms with Gasteiger partial charge in [-0.05, 0) is 23.6 Å². The third kappa shape index (κ3) is 5.67. The minimum Gasteiger partial charge on any atom is -0.455 e. The number of ether oxygens (including phenoxy) is 1. The van der Waals surface area contributed by atoms with Crippen molar-refractivity contribution in [1.29, 1.82) is 0 Å². The second-order valence-corrected chi connectivity index (χ2v) is 6.50.